The van der Waals surface area contributed by atoms with Gasteiger partial charge in [0.1, 0.15) is 17.6 Å². The Morgan fingerprint density at radius 2 is 1.78 bits per heavy atom. The quantitative estimate of drug-likeness (QED) is 0.522. The molecule has 0 spiro atoms. The van der Waals surface area contributed by atoms with Gasteiger partial charge in [0.05, 0.1) is 24.2 Å². The fourth-order valence-electron chi connectivity index (χ4n) is 3.63. The summed E-state index contributed by atoms with van der Waals surface area (Å²) >= 11 is 0. The summed E-state index contributed by atoms with van der Waals surface area (Å²) in [7, 11) is -3.68. The molecule has 0 aromatic heterocycles. The average Bonchev–Trinajstić information content (AvgIpc) is 2.77. The Morgan fingerprint density at radius 1 is 1.09 bits per heavy atom. The summed E-state index contributed by atoms with van der Waals surface area (Å²) in [6.45, 7) is 3.20. The standard InChI is InChI=1S/C23H30N2O6S/c24-23(27)22(26)16-21(9-10-25-11-13-30-14-12-25)32(28,29)17-18-5-4-8-20(15-18)31-19-6-2-1-3-7-19/h1-8,15,21-22,26H,9-14,16-17H2,(H2,24,27). The van der Waals surface area contributed by atoms with Crippen LogP contribution in [-0.4, -0.2) is 68.5 Å². The summed E-state index contributed by atoms with van der Waals surface area (Å²) in [5, 5.41) is 9.08. The molecule has 0 saturated carbocycles. The summed E-state index contributed by atoms with van der Waals surface area (Å²) in [5.41, 5.74) is 5.76. The Bertz CT molecular complexity index is 977. The topological polar surface area (TPSA) is 119 Å². The van der Waals surface area contributed by atoms with Crippen molar-refractivity contribution >= 4 is 15.7 Å². The van der Waals surface area contributed by atoms with Crippen molar-refractivity contribution in [2.45, 2.75) is 29.9 Å². The van der Waals surface area contributed by atoms with Gasteiger partial charge in [0.25, 0.3) is 0 Å². The number of hydrogen-bond acceptors (Lipinski definition) is 7. The lowest BCUT2D eigenvalue weighted by molar-refractivity contribution is -0.126. The number of amides is 1. The lowest BCUT2D eigenvalue weighted by Crippen LogP contribution is -2.40. The van der Waals surface area contributed by atoms with Gasteiger partial charge in [0.15, 0.2) is 9.84 Å². The van der Waals surface area contributed by atoms with Crippen LogP contribution in [0.1, 0.15) is 18.4 Å². The van der Waals surface area contributed by atoms with Crippen molar-refractivity contribution in [2.24, 2.45) is 5.73 Å². The Balaban J connectivity index is 1.71. The van der Waals surface area contributed by atoms with Crippen molar-refractivity contribution in [1.29, 1.82) is 0 Å². The minimum Gasteiger partial charge on any atom is -0.457 e. The fraction of sp³-hybridized carbons (Fsp3) is 0.435. The monoisotopic (exact) mass is 462 g/mol. The Kier molecular flexibility index (Phi) is 8.63. The van der Waals surface area contributed by atoms with Gasteiger partial charge in [-0.2, -0.15) is 0 Å². The highest BCUT2D eigenvalue weighted by Crippen LogP contribution is 2.25. The summed E-state index contributed by atoms with van der Waals surface area (Å²) in [6.07, 6.45) is -1.43. The molecule has 1 aliphatic heterocycles. The van der Waals surface area contributed by atoms with Crippen molar-refractivity contribution in [3.63, 3.8) is 0 Å². The number of aliphatic hydroxyl groups is 1. The third-order valence-electron chi connectivity index (χ3n) is 5.44. The van der Waals surface area contributed by atoms with E-state index in [-0.39, 0.29) is 12.2 Å². The first kappa shape index (κ1) is 24.2. The zero-order chi connectivity index (χ0) is 23.0. The molecule has 1 amide bonds. The molecule has 2 aromatic carbocycles. The highest BCUT2D eigenvalue weighted by Gasteiger charge is 2.30. The second-order valence-corrected chi connectivity index (χ2v) is 10.2. The predicted octanol–water partition coefficient (Wildman–Crippen LogP) is 1.72. The van der Waals surface area contributed by atoms with E-state index in [1.54, 1.807) is 24.3 Å². The van der Waals surface area contributed by atoms with E-state index < -0.39 is 27.1 Å². The molecular formula is C23H30N2O6S. The molecule has 0 radical (unpaired) electrons. The van der Waals surface area contributed by atoms with Crippen molar-refractivity contribution in [3.8, 4) is 11.5 Å². The van der Waals surface area contributed by atoms with Crippen molar-refractivity contribution in [1.82, 2.24) is 4.90 Å². The molecule has 2 aromatic rings. The van der Waals surface area contributed by atoms with E-state index >= 15 is 0 Å². The molecule has 3 rings (SSSR count). The molecule has 174 valence electrons. The van der Waals surface area contributed by atoms with Crippen LogP contribution in [0.4, 0.5) is 0 Å². The maximum absolute atomic E-state index is 13.3. The van der Waals surface area contributed by atoms with Gasteiger partial charge in [0.2, 0.25) is 5.91 Å². The van der Waals surface area contributed by atoms with Crippen LogP contribution in [0.25, 0.3) is 0 Å². The zero-order valence-corrected chi connectivity index (χ0v) is 18.7. The van der Waals surface area contributed by atoms with E-state index in [0.29, 0.717) is 43.2 Å². The molecule has 0 aliphatic carbocycles. The van der Waals surface area contributed by atoms with Gasteiger partial charge < -0.3 is 20.3 Å². The minimum atomic E-state index is -3.68. The molecule has 8 nitrogen and oxygen atoms in total. The van der Waals surface area contributed by atoms with Gasteiger partial charge in [-0.3, -0.25) is 9.69 Å². The number of carbonyl (C=O) groups excluding carboxylic acids is 1. The number of ether oxygens (including phenoxy) is 2. The van der Waals surface area contributed by atoms with Crippen LogP contribution in [0.5, 0.6) is 11.5 Å². The van der Waals surface area contributed by atoms with E-state index in [1.165, 1.54) is 0 Å². The number of sulfone groups is 1. The first-order valence-electron chi connectivity index (χ1n) is 10.6. The summed E-state index contributed by atoms with van der Waals surface area (Å²) in [5.74, 6) is 0.0411. The lowest BCUT2D eigenvalue weighted by atomic mass is 10.1. The van der Waals surface area contributed by atoms with E-state index in [0.717, 1.165) is 13.1 Å². The zero-order valence-electron chi connectivity index (χ0n) is 17.9. The van der Waals surface area contributed by atoms with Crippen LogP contribution in [0.3, 0.4) is 0 Å². The number of benzene rings is 2. The molecule has 32 heavy (non-hydrogen) atoms. The minimum absolute atomic E-state index is 0.220. The number of carbonyl (C=O) groups is 1. The van der Waals surface area contributed by atoms with Crippen molar-refractivity contribution in [2.75, 3.05) is 32.8 Å². The molecule has 1 fully saturated rings. The largest absolute Gasteiger partial charge is 0.457 e. The average molecular weight is 463 g/mol. The molecule has 3 N–H and O–H groups in total. The van der Waals surface area contributed by atoms with Crippen LogP contribution in [0, 0.1) is 0 Å². The van der Waals surface area contributed by atoms with E-state index in [9.17, 15) is 18.3 Å². The third-order valence-corrected chi connectivity index (χ3v) is 7.62. The number of nitrogens with two attached hydrogens (primary N) is 1. The van der Waals surface area contributed by atoms with E-state index in [4.69, 9.17) is 15.2 Å². The maximum Gasteiger partial charge on any atom is 0.246 e. The van der Waals surface area contributed by atoms with Gasteiger partial charge >= 0.3 is 0 Å². The number of morpholine rings is 1. The van der Waals surface area contributed by atoms with Crippen LogP contribution in [0.15, 0.2) is 54.6 Å². The smallest absolute Gasteiger partial charge is 0.246 e. The third kappa shape index (κ3) is 7.30. The van der Waals surface area contributed by atoms with Gasteiger partial charge in [-0.1, -0.05) is 30.3 Å². The first-order chi connectivity index (χ1) is 15.3. The first-order valence-corrected chi connectivity index (χ1v) is 12.4. The molecule has 1 aliphatic rings. The van der Waals surface area contributed by atoms with Crippen LogP contribution < -0.4 is 10.5 Å². The molecule has 0 bridgehead atoms. The Hall–Kier alpha value is -2.46. The molecule has 2 unspecified atom stereocenters. The molecule has 1 saturated heterocycles. The number of hydrogen-bond donors (Lipinski definition) is 2. The molecule has 9 heteroatoms. The van der Waals surface area contributed by atoms with E-state index in [1.807, 2.05) is 30.3 Å². The van der Waals surface area contributed by atoms with Crippen molar-refractivity contribution in [3.05, 3.63) is 60.2 Å². The number of primary amides is 1. The van der Waals surface area contributed by atoms with Gasteiger partial charge in [0, 0.05) is 13.1 Å². The van der Waals surface area contributed by atoms with Gasteiger partial charge in [-0.25, -0.2) is 8.42 Å². The second-order valence-electron chi connectivity index (χ2n) is 7.89. The van der Waals surface area contributed by atoms with Gasteiger partial charge in [-0.15, -0.1) is 0 Å². The fourth-order valence-corrected chi connectivity index (χ4v) is 5.45. The summed E-state index contributed by atoms with van der Waals surface area (Å²) in [4.78, 5) is 13.5. The highest BCUT2D eigenvalue weighted by molar-refractivity contribution is 7.91. The summed E-state index contributed by atoms with van der Waals surface area (Å²) < 4.78 is 37.6. The van der Waals surface area contributed by atoms with Crippen LogP contribution in [-0.2, 0) is 25.1 Å². The van der Waals surface area contributed by atoms with Gasteiger partial charge in [-0.05, 0) is 49.2 Å². The molecular weight excluding hydrogens is 432 g/mol. The Labute approximate surface area is 188 Å². The Morgan fingerprint density at radius 3 is 2.47 bits per heavy atom. The SMILES string of the molecule is NC(=O)C(O)CC(CCN1CCOCC1)S(=O)(=O)Cc1cccc(Oc2ccccc2)c1. The lowest BCUT2D eigenvalue weighted by Gasteiger charge is -2.28. The normalized spacial score (nSPS) is 16.9. The number of nitrogens with zero attached hydrogens (tertiary/aromatic N) is 1. The molecule has 2 atom stereocenters. The van der Waals surface area contributed by atoms with Crippen LogP contribution >= 0.6 is 0 Å². The maximum atomic E-state index is 13.3. The second kappa shape index (κ2) is 11.4. The summed E-state index contributed by atoms with van der Waals surface area (Å²) in [6, 6.07) is 16.1. The van der Waals surface area contributed by atoms with Crippen LogP contribution in [0.2, 0.25) is 0 Å². The highest BCUT2D eigenvalue weighted by atomic mass is 32.2. The predicted molar refractivity (Wildman–Crippen MR) is 121 cm³/mol. The molecule has 1 heterocycles. The number of rotatable bonds is 11. The number of aliphatic hydroxyl groups excluding tert-OH is 1. The van der Waals surface area contributed by atoms with Crippen molar-refractivity contribution < 1.29 is 27.8 Å². The number of para-hydroxylation sites is 1. The van der Waals surface area contributed by atoms with E-state index in [2.05, 4.69) is 4.90 Å².